The summed E-state index contributed by atoms with van der Waals surface area (Å²) >= 11 is 0. The molecule has 0 heterocycles. The van der Waals surface area contributed by atoms with Crippen LogP contribution in [-0.4, -0.2) is 22.2 Å². The monoisotopic (exact) mass is 337 g/mol. The lowest BCUT2D eigenvalue weighted by Gasteiger charge is -2.33. The predicted molar refractivity (Wildman–Crippen MR) is 99.6 cm³/mol. The quantitative estimate of drug-likeness (QED) is 0.639. The maximum absolute atomic E-state index is 12.9. The van der Waals surface area contributed by atoms with Gasteiger partial charge in [0.2, 0.25) is 0 Å². The average molecular weight is 337 g/mol. The van der Waals surface area contributed by atoms with Crippen molar-refractivity contribution in [2.75, 3.05) is 4.90 Å². The number of aromatic hydroxyl groups is 2. The van der Waals surface area contributed by atoms with Crippen molar-refractivity contribution in [1.82, 2.24) is 0 Å². The van der Waals surface area contributed by atoms with Crippen LogP contribution in [0.1, 0.15) is 37.7 Å². The average Bonchev–Trinajstić information content (AvgIpc) is 2.65. The number of hydrogen-bond acceptors (Lipinski definition) is 3. The van der Waals surface area contributed by atoms with Crippen molar-refractivity contribution in [3.8, 4) is 11.5 Å². The lowest BCUT2D eigenvalue weighted by Crippen LogP contribution is -2.40. The smallest absolute Gasteiger partial charge is 0.251 e. The van der Waals surface area contributed by atoms with Gasteiger partial charge < -0.3 is 15.1 Å². The zero-order valence-electron chi connectivity index (χ0n) is 14.1. The Bertz CT molecular complexity index is 749. The van der Waals surface area contributed by atoms with Crippen molar-refractivity contribution < 1.29 is 15.0 Å². The summed E-state index contributed by atoms with van der Waals surface area (Å²) in [5, 5.41) is 19.0. The highest BCUT2D eigenvalue weighted by molar-refractivity contribution is 6.04. The van der Waals surface area contributed by atoms with E-state index in [1.807, 2.05) is 35.2 Å². The number of carbonyl (C=O) groups excluding carboxylic acids is 1. The first-order valence-electron chi connectivity index (χ1n) is 8.73. The molecule has 2 aromatic carbocycles. The first kappa shape index (κ1) is 17.1. The van der Waals surface area contributed by atoms with E-state index in [4.69, 9.17) is 0 Å². The predicted octanol–water partition coefficient (Wildman–Crippen LogP) is 4.48. The molecule has 1 aliphatic rings. The Labute approximate surface area is 148 Å². The van der Waals surface area contributed by atoms with Crippen molar-refractivity contribution >= 4 is 17.7 Å². The van der Waals surface area contributed by atoms with Gasteiger partial charge in [0.1, 0.15) is 0 Å². The standard InChI is InChI=1S/C21H23NO3/c23-19-13-11-16(15-20(19)24)12-14-21(25)22(17-7-3-1-4-8-17)18-9-5-2-6-10-18/h1,3-4,7-8,11-15,18,23-24H,2,5-6,9-10H2/b14-12+. The summed E-state index contributed by atoms with van der Waals surface area (Å²) in [6, 6.07) is 14.5. The molecule has 3 rings (SSSR count). The summed E-state index contributed by atoms with van der Waals surface area (Å²) < 4.78 is 0. The first-order valence-corrected chi connectivity index (χ1v) is 8.73. The number of carbonyl (C=O) groups is 1. The maximum atomic E-state index is 12.9. The SMILES string of the molecule is O=C(/C=C/c1ccc(O)c(O)c1)N(c1ccccc1)C1CCCCC1. The van der Waals surface area contributed by atoms with Crippen molar-refractivity contribution in [3.05, 3.63) is 60.2 Å². The molecular formula is C21H23NO3. The molecule has 4 nitrogen and oxygen atoms in total. The van der Waals surface area contributed by atoms with E-state index in [-0.39, 0.29) is 23.4 Å². The van der Waals surface area contributed by atoms with E-state index in [9.17, 15) is 15.0 Å². The Morgan fingerprint density at radius 2 is 1.68 bits per heavy atom. The minimum Gasteiger partial charge on any atom is -0.504 e. The summed E-state index contributed by atoms with van der Waals surface area (Å²) in [7, 11) is 0. The van der Waals surface area contributed by atoms with Gasteiger partial charge in [0.25, 0.3) is 5.91 Å². The molecule has 2 N–H and O–H groups in total. The highest BCUT2D eigenvalue weighted by Crippen LogP contribution is 2.28. The van der Waals surface area contributed by atoms with Crippen LogP contribution in [0, 0.1) is 0 Å². The number of phenolic OH excluding ortho intramolecular Hbond substituents is 2. The van der Waals surface area contributed by atoms with Gasteiger partial charge in [-0.1, -0.05) is 43.5 Å². The molecule has 0 aliphatic heterocycles. The van der Waals surface area contributed by atoms with Gasteiger partial charge in [0.05, 0.1) is 0 Å². The first-order chi connectivity index (χ1) is 12.1. The van der Waals surface area contributed by atoms with Gasteiger partial charge in [-0.05, 0) is 48.7 Å². The van der Waals surface area contributed by atoms with E-state index < -0.39 is 0 Å². The molecule has 25 heavy (non-hydrogen) atoms. The second-order valence-corrected chi connectivity index (χ2v) is 6.42. The molecular weight excluding hydrogens is 314 g/mol. The molecule has 4 heteroatoms. The number of rotatable bonds is 4. The molecule has 1 amide bonds. The van der Waals surface area contributed by atoms with Crippen molar-refractivity contribution in [2.45, 2.75) is 38.1 Å². The largest absolute Gasteiger partial charge is 0.504 e. The Balaban J connectivity index is 1.83. The fourth-order valence-electron chi connectivity index (χ4n) is 3.34. The minimum absolute atomic E-state index is 0.0642. The van der Waals surface area contributed by atoms with Crippen LogP contribution in [0.3, 0.4) is 0 Å². The van der Waals surface area contributed by atoms with Gasteiger partial charge in [0.15, 0.2) is 11.5 Å². The number of para-hydroxylation sites is 1. The summed E-state index contributed by atoms with van der Waals surface area (Å²) in [5.41, 5.74) is 1.58. The zero-order valence-corrected chi connectivity index (χ0v) is 14.1. The molecule has 0 aromatic heterocycles. The molecule has 1 saturated carbocycles. The molecule has 1 aliphatic carbocycles. The molecule has 0 radical (unpaired) electrons. The highest BCUT2D eigenvalue weighted by Gasteiger charge is 2.25. The molecule has 1 fully saturated rings. The van der Waals surface area contributed by atoms with Crippen LogP contribution in [0.2, 0.25) is 0 Å². The van der Waals surface area contributed by atoms with Crippen molar-refractivity contribution in [1.29, 1.82) is 0 Å². The Hall–Kier alpha value is -2.75. The van der Waals surface area contributed by atoms with Crippen LogP contribution in [0.5, 0.6) is 11.5 Å². The van der Waals surface area contributed by atoms with Gasteiger partial charge in [-0.15, -0.1) is 0 Å². The van der Waals surface area contributed by atoms with Crippen LogP contribution in [0.4, 0.5) is 5.69 Å². The van der Waals surface area contributed by atoms with Crippen molar-refractivity contribution in [2.24, 2.45) is 0 Å². The Morgan fingerprint density at radius 1 is 0.960 bits per heavy atom. The minimum atomic E-state index is -0.193. The van der Waals surface area contributed by atoms with E-state index in [2.05, 4.69) is 0 Å². The molecule has 0 saturated heterocycles. The fraction of sp³-hybridized carbons (Fsp3) is 0.286. The Kier molecular flexibility index (Phi) is 5.39. The van der Waals surface area contributed by atoms with Gasteiger partial charge in [-0.2, -0.15) is 0 Å². The molecule has 2 aromatic rings. The van der Waals surface area contributed by atoms with Crippen LogP contribution in [0.15, 0.2) is 54.6 Å². The number of nitrogens with zero attached hydrogens (tertiary/aromatic N) is 1. The van der Waals surface area contributed by atoms with E-state index in [1.165, 1.54) is 24.6 Å². The topological polar surface area (TPSA) is 60.8 Å². The number of hydrogen-bond donors (Lipinski definition) is 2. The van der Waals surface area contributed by atoms with Crippen LogP contribution in [0.25, 0.3) is 6.08 Å². The highest BCUT2D eigenvalue weighted by atomic mass is 16.3. The summed E-state index contributed by atoms with van der Waals surface area (Å²) in [4.78, 5) is 14.8. The van der Waals surface area contributed by atoms with E-state index >= 15 is 0 Å². The van der Waals surface area contributed by atoms with Gasteiger partial charge in [0, 0.05) is 17.8 Å². The number of phenols is 2. The molecule has 130 valence electrons. The molecule has 0 bridgehead atoms. The van der Waals surface area contributed by atoms with Gasteiger partial charge in [-0.3, -0.25) is 4.79 Å². The van der Waals surface area contributed by atoms with Gasteiger partial charge >= 0.3 is 0 Å². The number of anilines is 1. The molecule has 0 atom stereocenters. The van der Waals surface area contributed by atoms with E-state index in [1.54, 1.807) is 12.1 Å². The molecule has 0 unspecified atom stereocenters. The lowest BCUT2D eigenvalue weighted by atomic mass is 9.93. The fourth-order valence-corrected chi connectivity index (χ4v) is 3.34. The second-order valence-electron chi connectivity index (χ2n) is 6.42. The Morgan fingerprint density at radius 3 is 2.36 bits per heavy atom. The summed E-state index contributed by atoms with van der Waals surface area (Å²) in [6.07, 6.45) is 8.78. The molecule has 0 spiro atoms. The maximum Gasteiger partial charge on any atom is 0.251 e. The third kappa shape index (κ3) is 4.21. The van der Waals surface area contributed by atoms with Crippen molar-refractivity contribution in [3.63, 3.8) is 0 Å². The third-order valence-corrected chi connectivity index (χ3v) is 4.63. The second kappa shape index (κ2) is 7.88. The van der Waals surface area contributed by atoms with E-state index in [0.29, 0.717) is 5.56 Å². The number of benzene rings is 2. The van der Waals surface area contributed by atoms with Gasteiger partial charge in [-0.25, -0.2) is 0 Å². The van der Waals surface area contributed by atoms with Crippen LogP contribution < -0.4 is 4.90 Å². The van der Waals surface area contributed by atoms with E-state index in [0.717, 1.165) is 31.4 Å². The third-order valence-electron chi connectivity index (χ3n) is 4.63. The summed E-state index contributed by atoms with van der Waals surface area (Å²) in [5.74, 6) is -0.427. The normalized spacial score (nSPS) is 15.4. The van der Waals surface area contributed by atoms with Crippen LogP contribution in [-0.2, 0) is 4.79 Å². The lowest BCUT2D eigenvalue weighted by molar-refractivity contribution is -0.114. The summed E-state index contributed by atoms with van der Waals surface area (Å²) in [6.45, 7) is 0. The zero-order chi connectivity index (χ0) is 17.6. The number of amides is 1. The van der Waals surface area contributed by atoms with Crippen LogP contribution >= 0.6 is 0 Å².